The van der Waals surface area contributed by atoms with E-state index in [0.717, 1.165) is 22.6 Å². The van der Waals surface area contributed by atoms with Gasteiger partial charge in [-0.3, -0.25) is 0 Å². The van der Waals surface area contributed by atoms with Crippen LogP contribution in [0.4, 0.5) is 4.39 Å². The summed E-state index contributed by atoms with van der Waals surface area (Å²) >= 11 is 5.80. The zero-order valence-electron chi connectivity index (χ0n) is 9.24. The average Bonchev–Trinajstić information content (AvgIpc) is 2.34. The molecule has 0 atom stereocenters. The van der Waals surface area contributed by atoms with E-state index in [1.165, 1.54) is 12.1 Å². The lowest BCUT2D eigenvalue weighted by Gasteiger charge is -1.96. The quantitative estimate of drug-likeness (QED) is 0.734. The Kier molecular flexibility index (Phi) is 3.94. The predicted molar refractivity (Wildman–Crippen MR) is 70.6 cm³/mol. The van der Waals surface area contributed by atoms with E-state index in [-0.39, 0.29) is 5.82 Å². The first-order valence-electron chi connectivity index (χ1n) is 5.40. The lowest BCUT2D eigenvalue weighted by Crippen LogP contribution is -1.81. The van der Waals surface area contributed by atoms with Gasteiger partial charge in [0.1, 0.15) is 5.82 Å². The van der Waals surface area contributed by atoms with E-state index in [4.69, 9.17) is 11.6 Å². The summed E-state index contributed by atoms with van der Waals surface area (Å²) in [5.74, 6) is -0.199. The molecule has 17 heavy (non-hydrogen) atoms. The molecule has 2 heteroatoms. The van der Waals surface area contributed by atoms with E-state index < -0.39 is 0 Å². The SMILES string of the molecule is Fc1ccc(C/C=C/c2ccc(Cl)cc2)cc1. The second-order valence-electron chi connectivity index (χ2n) is 3.78. The Hall–Kier alpha value is -1.60. The van der Waals surface area contributed by atoms with Crippen molar-refractivity contribution in [2.45, 2.75) is 6.42 Å². The molecule has 2 aromatic carbocycles. The Morgan fingerprint density at radius 2 is 1.59 bits per heavy atom. The number of hydrogen-bond donors (Lipinski definition) is 0. The van der Waals surface area contributed by atoms with Gasteiger partial charge >= 0.3 is 0 Å². The van der Waals surface area contributed by atoms with Crippen LogP contribution in [0.15, 0.2) is 54.6 Å². The summed E-state index contributed by atoms with van der Waals surface area (Å²) < 4.78 is 12.7. The van der Waals surface area contributed by atoms with Gasteiger partial charge in [0, 0.05) is 5.02 Å². The predicted octanol–water partition coefficient (Wildman–Crippen LogP) is 4.74. The zero-order chi connectivity index (χ0) is 12.1. The molecule has 0 nitrogen and oxygen atoms in total. The van der Waals surface area contributed by atoms with Crippen molar-refractivity contribution in [2.75, 3.05) is 0 Å². The van der Waals surface area contributed by atoms with E-state index in [0.29, 0.717) is 0 Å². The van der Waals surface area contributed by atoms with Crippen LogP contribution in [0.5, 0.6) is 0 Å². The van der Waals surface area contributed by atoms with Crippen molar-refractivity contribution in [1.82, 2.24) is 0 Å². The largest absolute Gasteiger partial charge is 0.207 e. The second-order valence-corrected chi connectivity index (χ2v) is 4.22. The third kappa shape index (κ3) is 3.72. The van der Waals surface area contributed by atoms with Crippen LogP contribution in [0.25, 0.3) is 6.08 Å². The molecule has 86 valence electrons. The average molecular weight is 247 g/mol. The van der Waals surface area contributed by atoms with Crippen molar-refractivity contribution in [1.29, 1.82) is 0 Å². The minimum absolute atomic E-state index is 0.199. The van der Waals surface area contributed by atoms with E-state index in [2.05, 4.69) is 6.08 Å². The third-order valence-electron chi connectivity index (χ3n) is 2.45. The van der Waals surface area contributed by atoms with Gasteiger partial charge in [0.2, 0.25) is 0 Å². The highest BCUT2D eigenvalue weighted by molar-refractivity contribution is 6.30. The van der Waals surface area contributed by atoms with Crippen molar-refractivity contribution in [3.05, 3.63) is 76.6 Å². The molecule has 0 N–H and O–H groups in total. The molecule has 2 aromatic rings. The van der Waals surface area contributed by atoms with Crippen LogP contribution in [-0.4, -0.2) is 0 Å². The van der Waals surface area contributed by atoms with Crippen molar-refractivity contribution >= 4 is 17.7 Å². The lowest BCUT2D eigenvalue weighted by molar-refractivity contribution is 0.627. The van der Waals surface area contributed by atoms with Crippen LogP contribution in [0, 0.1) is 5.82 Å². The summed E-state index contributed by atoms with van der Waals surface area (Å²) in [7, 11) is 0. The first-order valence-corrected chi connectivity index (χ1v) is 5.78. The Labute approximate surface area is 105 Å². The molecule has 0 amide bonds. The van der Waals surface area contributed by atoms with Crippen molar-refractivity contribution < 1.29 is 4.39 Å². The molecule has 0 aliphatic rings. The van der Waals surface area contributed by atoms with Gasteiger partial charge < -0.3 is 0 Å². The molecule has 0 saturated heterocycles. The van der Waals surface area contributed by atoms with Gasteiger partial charge in [0.05, 0.1) is 0 Å². The Morgan fingerprint density at radius 3 is 2.24 bits per heavy atom. The first kappa shape index (κ1) is 11.9. The van der Waals surface area contributed by atoms with Crippen LogP contribution in [0.3, 0.4) is 0 Å². The van der Waals surface area contributed by atoms with Gasteiger partial charge in [-0.1, -0.05) is 48.0 Å². The third-order valence-corrected chi connectivity index (χ3v) is 2.70. The first-order chi connectivity index (χ1) is 8.24. The topological polar surface area (TPSA) is 0 Å². The van der Waals surface area contributed by atoms with Crippen LogP contribution in [-0.2, 0) is 6.42 Å². The fourth-order valence-electron chi connectivity index (χ4n) is 1.53. The molecule has 0 radical (unpaired) electrons. The second kappa shape index (κ2) is 5.65. The molecule has 0 aliphatic carbocycles. The summed E-state index contributed by atoms with van der Waals surface area (Å²) in [6, 6.07) is 14.2. The number of rotatable bonds is 3. The number of halogens is 2. The van der Waals surface area contributed by atoms with Gasteiger partial charge in [-0.25, -0.2) is 4.39 Å². The highest BCUT2D eigenvalue weighted by Crippen LogP contribution is 2.11. The molecule has 0 spiro atoms. The Morgan fingerprint density at radius 1 is 0.941 bits per heavy atom. The van der Waals surface area contributed by atoms with Gasteiger partial charge in [0.15, 0.2) is 0 Å². The Balaban J connectivity index is 1.97. The molecule has 0 aromatic heterocycles. The summed E-state index contributed by atoms with van der Waals surface area (Å²) in [6.07, 6.45) is 4.87. The smallest absolute Gasteiger partial charge is 0.123 e. The van der Waals surface area contributed by atoms with Gasteiger partial charge in [-0.05, 0) is 41.8 Å². The maximum absolute atomic E-state index is 12.7. The van der Waals surface area contributed by atoms with E-state index in [1.54, 1.807) is 12.1 Å². The van der Waals surface area contributed by atoms with Crippen LogP contribution in [0.2, 0.25) is 5.02 Å². The van der Waals surface area contributed by atoms with E-state index >= 15 is 0 Å². The van der Waals surface area contributed by atoms with Crippen LogP contribution >= 0.6 is 11.6 Å². The van der Waals surface area contributed by atoms with Crippen molar-refractivity contribution in [3.63, 3.8) is 0 Å². The molecule has 0 heterocycles. The lowest BCUT2D eigenvalue weighted by atomic mass is 10.1. The van der Waals surface area contributed by atoms with Crippen LogP contribution in [0.1, 0.15) is 11.1 Å². The standard InChI is InChI=1S/C15H12ClF/c16-14-8-4-12(5-9-14)2-1-3-13-6-10-15(17)11-7-13/h1-2,4-11H,3H2/b2-1+. The number of allylic oxidation sites excluding steroid dienone is 1. The van der Waals surface area contributed by atoms with Gasteiger partial charge in [-0.15, -0.1) is 0 Å². The van der Waals surface area contributed by atoms with E-state index in [1.807, 2.05) is 30.3 Å². The maximum Gasteiger partial charge on any atom is 0.123 e. The molecule has 0 unspecified atom stereocenters. The molecule has 0 saturated carbocycles. The minimum Gasteiger partial charge on any atom is -0.207 e. The Bertz CT molecular complexity index is 497. The van der Waals surface area contributed by atoms with Gasteiger partial charge in [0.25, 0.3) is 0 Å². The molecular weight excluding hydrogens is 235 g/mol. The van der Waals surface area contributed by atoms with Crippen molar-refractivity contribution in [2.24, 2.45) is 0 Å². The zero-order valence-corrected chi connectivity index (χ0v) is 9.99. The molecule has 0 aliphatic heterocycles. The van der Waals surface area contributed by atoms with Crippen LogP contribution < -0.4 is 0 Å². The molecule has 0 fully saturated rings. The van der Waals surface area contributed by atoms with Gasteiger partial charge in [-0.2, -0.15) is 0 Å². The molecule has 2 rings (SSSR count). The number of benzene rings is 2. The van der Waals surface area contributed by atoms with Crippen molar-refractivity contribution in [3.8, 4) is 0 Å². The fraction of sp³-hybridized carbons (Fsp3) is 0.0667. The summed E-state index contributed by atoms with van der Waals surface area (Å²) in [5.41, 5.74) is 2.20. The number of hydrogen-bond acceptors (Lipinski definition) is 0. The monoisotopic (exact) mass is 246 g/mol. The summed E-state index contributed by atoms with van der Waals surface area (Å²) in [6.45, 7) is 0. The highest BCUT2D eigenvalue weighted by atomic mass is 35.5. The molecular formula is C15H12ClF. The highest BCUT2D eigenvalue weighted by Gasteiger charge is 1.91. The summed E-state index contributed by atoms with van der Waals surface area (Å²) in [4.78, 5) is 0. The van der Waals surface area contributed by atoms with E-state index in [9.17, 15) is 4.39 Å². The normalized spacial score (nSPS) is 10.9. The molecule has 0 bridgehead atoms. The fourth-order valence-corrected chi connectivity index (χ4v) is 1.65. The summed E-state index contributed by atoms with van der Waals surface area (Å²) in [5, 5.41) is 0.737. The minimum atomic E-state index is -0.199. The maximum atomic E-state index is 12.7.